The highest BCUT2D eigenvalue weighted by atomic mass is 16.3. The summed E-state index contributed by atoms with van der Waals surface area (Å²) in [6, 6.07) is 4.03. The van der Waals surface area contributed by atoms with E-state index in [4.69, 9.17) is 5.11 Å². The zero-order valence-corrected chi connectivity index (χ0v) is 10.4. The Morgan fingerprint density at radius 3 is 2.56 bits per heavy atom. The van der Waals surface area contributed by atoms with Crippen molar-refractivity contribution in [2.45, 2.75) is 46.2 Å². The van der Waals surface area contributed by atoms with Crippen molar-refractivity contribution in [2.24, 2.45) is 5.92 Å². The lowest BCUT2D eigenvalue weighted by atomic mass is 10.0. The van der Waals surface area contributed by atoms with E-state index < -0.39 is 0 Å². The fourth-order valence-corrected chi connectivity index (χ4v) is 1.49. The van der Waals surface area contributed by atoms with E-state index in [0.717, 1.165) is 18.2 Å². The maximum atomic E-state index is 9.10. The molecule has 1 heterocycles. The van der Waals surface area contributed by atoms with E-state index in [1.54, 1.807) is 6.07 Å². The summed E-state index contributed by atoms with van der Waals surface area (Å²) in [4.78, 5) is 4.13. The van der Waals surface area contributed by atoms with Gasteiger partial charge in [-0.25, -0.2) is 0 Å². The van der Waals surface area contributed by atoms with Gasteiger partial charge in [-0.3, -0.25) is 4.98 Å². The van der Waals surface area contributed by atoms with Crippen LogP contribution in [0.1, 0.15) is 39.3 Å². The maximum absolute atomic E-state index is 9.10. The summed E-state index contributed by atoms with van der Waals surface area (Å²) < 4.78 is 0. The molecular weight excluding hydrogens is 200 g/mol. The molecule has 0 saturated carbocycles. The number of nitrogens with zero attached hydrogens (tertiary/aromatic N) is 1. The zero-order chi connectivity index (χ0) is 12.0. The topological polar surface area (TPSA) is 45.1 Å². The second kappa shape index (κ2) is 6.48. The Balaban J connectivity index is 2.26. The average molecular weight is 222 g/mol. The fourth-order valence-electron chi connectivity index (χ4n) is 1.49. The van der Waals surface area contributed by atoms with Gasteiger partial charge in [-0.05, 0) is 37.8 Å². The monoisotopic (exact) mass is 222 g/mol. The van der Waals surface area contributed by atoms with Gasteiger partial charge in [0.2, 0.25) is 0 Å². The standard InChI is InChI=1S/C13H22N2O/c1-10(2)4-5-11(3)14-8-12-6-7-13(16)9-15-12/h6-7,9-11,14,16H,4-5,8H2,1-3H3. The number of nitrogens with one attached hydrogen (secondary N) is 1. The molecule has 0 spiro atoms. The molecule has 1 aromatic heterocycles. The lowest BCUT2D eigenvalue weighted by molar-refractivity contribution is 0.447. The fraction of sp³-hybridized carbons (Fsp3) is 0.615. The summed E-state index contributed by atoms with van der Waals surface area (Å²) >= 11 is 0. The Morgan fingerprint density at radius 2 is 2.00 bits per heavy atom. The van der Waals surface area contributed by atoms with Crippen LogP contribution in [-0.4, -0.2) is 16.1 Å². The molecule has 0 fully saturated rings. The molecule has 3 heteroatoms. The van der Waals surface area contributed by atoms with E-state index in [2.05, 4.69) is 31.1 Å². The van der Waals surface area contributed by atoms with Crippen molar-refractivity contribution in [3.8, 4) is 5.75 Å². The second-order valence-corrected chi connectivity index (χ2v) is 4.76. The zero-order valence-electron chi connectivity index (χ0n) is 10.4. The molecule has 0 aliphatic carbocycles. The van der Waals surface area contributed by atoms with Crippen LogP contribution in [0.4, 0.5) is 0 Å². The number of aromatic hydroxyl groups is 1. The van der Waals surface area contributed by atoms with Gasteiger partial charge in [-0.15, -0.1) is 0 Å². The van der Waals surface area contributed by atoms with Crippen molar-refractivity contribution in [1.29, 1.82) is 0 Å². The van der Waals surface area contributed by atoms with E-state index in [9.17, 15) is 0 Å². The van der Waals surface area contributed by atoms with Gasteiger partial charge in [0.25, 0.3) is 0 Å². The van der Waals surface area contributed by atoms with Crippen LogP contribution in [0.3, 0.4) is 0 Å². The summed E-state index contributed by atoms with van der Waals surface area (Å²) in [7, 11) is 0. The first-order valence-electron chi connectivity index (χ1n) is 5.95. The van der Waals surface area contributed by atoms with Crippen LogP contribution < -0.4 is 5.32 Å². The minimum absolute atomic E-state index is 0.219. The Hall–Kier alpha value is -1.09. The smallest absolute Gasteiger partial charge is 0.133 e. The third kappa shape index (κ3) is 5.12. The van der Waals surface area contributed by atoms with E-state index in [1.165, 1.54) is 19.0 Å². The molecule has 1 atom stereocenters. The van der Waals surface area contributed by atoms with Crippen LogP contribution in [0.15, 0.2) is 18.3 Å². The van der Waals surface area contributed by atoms with Gasteiger partial charge in [0.1, 0.15) is 5.75 Å². The van der Waals surface area contributed by atoms with Gasteiger partial charge in [0.05, 0.1) is 11.9 Å². The third-order valence-electron chi connectivity index (χ3n) is 2.62. The van der Waals surface area contributed by atoms with Gasteiger partial charge in [-0.1, -0.05) is 13.8 Å². The molecule has 90 valence electrons. The molecule has 0 aromatic carbocycles. The quantitative estimate of drug-likeness (QED) is 0.778. The first kappa shape index (κ1) is 13.0. The predicted molar refractivity (Wildman–Crippen MR) is 66.3 cm³/mol. The molecule has 0 aliphatic heterocycles. The number of hydrogen-bond acceptors (Lipinski definition) is 3. The first-order chi connectivity index (χ1) is 7.58. The van der Waals surface area contributed by atoms with Crippen molar-refractivity contribution in [2.75, 3.05) is 0 Å². The van der Waals surface area contributed by atoms with Crippen LogP contribution in [0, 0.1) is 5.92 Å². The molecule has 16 heavy (non-hydrogen) atoms. The molecule has 2 N–H and O–H groups in total. The summed E-state index contributed by atoms with van der Waals surface area (Å²) in [6.45, 7) is 7.45. The lowest BCUT2D eigenvalue weighted by Gasteiger charge is -2.14. The highest BCUT2D eigenvalue weighted by molar-refractivity contribution is 5.17. The summed E-state index contributed by atoms with van der Waals surface area (Å²) in [6.07, 6.45) is 3.92. The summed E-state index contributed by atoms with van der Waals surface area (Å²) in [5, 5.41) is 12.5. The van der Waals surface area contributed by atoms with E-state index in [0.29, 0.717) is 6.04 Å². The highest BCUT2D eigenvalue weighted by Crippen LogP contribution is 2.08. The molecule has 0 aliphatic rings. The molecular formula is C13H22N2O. The molecule has 1 rings (SSSR count). The van der Waals surface area contributed by atoms with Crippen LogP contribution in [0.25, 0.3) is 0 Å². The van der Waals surface area contributed by atoms with Crippen molar-refractivity contribution >= 4 is 0 Å². The van der Waals surface area contributed by atoms with Gasteiger partial charge in [-0.2, -0.15) is 0 Å². The van der Waals surface area contributed by atoms with E-state index in [-0.39, 0.29) is 5.75 Å². The maximum Gasteiger partial charge on any atom is 0.133 e. The molecule has 0 bridgehead atoms. The van der Waals surface area contributed by atoms with Crippen LogP contribution >= 0.6 is 0 Å². The van der Waals surface area contributed by atoms with Gasteiger partial charge in [0, 0.05) is 12.6 Å². The van der Waals surface area contributed by atoms with Gasteiger partial charge < -0.3 is 10.4 Å². The Labute approximate surface area is 97.9 Å². The molecule has 0 saturated heterocycles. The van der Waals surface area contributed by atoms with Crippen molar-refractivity contribution < 1.29 is 5.11 Å². The van der Waals surface area contributed by atoms with Crippen LogP contribution in [-0.2, 0) is 6.54 Å². The van der Waals surface area contributed by atoms with Gasteiger partial charge in [0.15, 0.2) is 0 Å². The van der Waals surface area contributed by atoms with E-state index >= 15 is 0 Å². The molecule has 1 aromatic rings. The lowest BCUT2D eigenvalue weighted by Crippen LogP contribution is -2.26. The highest BCUT2D eigenvalue weighted by Gasteiger charge is 2.03. The van der Waals surface area contributed by atoms with Gasteiger partial charge >= 0.3 is 0 Å². The Bertz CT molecular complexity index is 295. The number of aromatic nitrogens is 1. The van der Waals surface area contributed by atoms with Crippen LogP contribution in [0.5, 0.6) is 5.75 Å². The van der Waals surface area contributed by atoms with Crippen molar-refractivity contribution in [3.05, 3.63) is 24.0 Å². The predicted octanol–water partition coefficient (Wildman–Crippen LogP) is 2.70. The molecule has 0 amide bonds. The first-order valence-corrected chi connectivity index (χ1v) is 5.95. The Kier molecular flexibility index (Phi) is 5.26. The number of pyridine rings is 1. The average Bonchev–Trinajstić information content (AvgIpc) is 2.25. The Morgan fingerprint density at radius 1 is 1.25 bits per heavy atom. The number of hydrogen-bond donors (Lipinski definition) is 2. The SMILES string of the molecule is CC(C)CCC(C)NCc1ccc(O)cn1. The molecule has 0 radical (unpaired) electrons. The molecule has 1 unspecified atom stereocenters. The minimum Gasteiger partial charge on any atom is -0.506 e. The minimum atomic E-state index is 0.219. The number of rotatable bonds is 6. The van der Waals surface area contributed by atoms with Crippen molar-refractivity contribution in [1.82, 2.24) is 10.3 Å². The second-order valence-electron chi connectivity index (χ2n) is 4.76. The van der Waals surface area contributed by atoms with E-state index in [1.807, 2.05) is 6.07 Å². The summed E-state index contributed by atoms with van der Waals surface area (Å²) in [5.74, 6) is 0.979. The summed E-state index contributed by atoms with van der Waals surface area (Å²) in [5.41, 5.74) is 0.967. The van der Waals surface area contributed by atoms with Crippen LogP contribution in [0.2, 0.25) is 0 Å². The normalized spacial score (nSPS) is 13.0. The van der Waals surface area contributed by atoms with Crippen molar-refractivity contribution in [3.63, 3.8) is 0 Å². The largest absolute Gasteiger partial charge is 0.506 e. The molecule has 3 nitrogen and oxygen atoms in total. The third-order valence-corrected chi connectivity index (χ3v) is 2.62.